The second kappa shape index (κ2) is 6.77. The van der Waals surface area contributed by atoms with Gasteiger partial charge in [0.25, 0.3) is 0 Å². The fourth-order valence-electron chi connectivity index (χ4n) is 3.88. The third kappa shape index (κ3) is 3.66. The van der Waals surface area contributed by atoms with Crippen molar-refractivity contribution in [2.45, 2.75) is 70.5 Å². The molecule has 2 saturated heterocycles. The highest BCUT2D eigenvalue weighted by Gasteiger charge is 2.34. The molecule has 1 aromatic rings. The molecule has 2 fully saturated rings. The highest BCUT2D eigenvalue weighted by Crippen LogP contribution is 2.32. The quantitative estimate of drug-likeness (QED) is 0.834. The molecule has 2 bridgehead atoms. The molecule has 2 unspecified atom stereocenters. The van der Waals surface area contributed by atoms with Crippen LogP contribution in [0.3, 0.4) is 0 Å². The maximum absolute atomic E-state index is 12.1. The first kappa shape index (κ1) is 15.5. The van der Waals surface area contributed by atoms with E-state index in [4.69, 9.17) is 0 Å². The Bertz CT molecular complexity index is 500. The van der Waals surface area contributed by atoms with E-state index in [2.05, 4.69) is 34.7 Å². The Kier molecular flexibility index (Phi) is 4.76. The standard InChI is InChI=1S/C16H27N5O/c1-11(2)16-20-18-10-21(16)6-5-17-15(22)9-12-7-13-3-4-14(8-12)19-13/h10-14,19H,3-9H2,1-2H3,(H,17,22). The number of rotatable bonds is 6. The minimum Gasteiger partial charge on any atom is -0.354 e. The average molecular weight is 305 g/mol. The van der Waals surface area contributed by atoms with Crippen LogP contribution in [0.5, 0.6) is 0 Å². The number of piperidine rings is 1. The van der Waals surface area contributed by atoms with Crippen LogP contribution in [0.4, 0.5) is 0 Å². The van der Waals surface area contributed by atoms with E-state index in [-0.39, 0.29) is 5.91 Å². The van der Waals surface area contributed by atoms with Crippen molar-refractivity contribution < 1.29 is 4.79 Å². The van der Waals surface area contributed by atoms with E-state index in [1.54, 1.807) is 6.33 Å². The molecule has 0 aliphatic carbocycles. The second-order valence-electron chi connectivity index (χ2n) is 7.07. The fourth-order valence-corrected chi connectivity index (χ4v) is 3.88. The summed E-state index contributed by atoms with van der Waals surface area (Å²) in [5, 5.41) is 14.7. The minimum atomic E-state index is 0.186. The van der Waals surface area contributed by atoms with Crippen molar-refractivity contribution in [1.29, 1.82) is 0 Å². The molecule has 1 amide bonds. The number of hydrogen-bond acceptors (Lipinski definition) is 4. The van der Waals surface area contributed by atoms with Crippen molar-refractivity contribution in [3.63, 3.8) is 0 Å². The van der Waals surface area contributed by atoms with E-state index in [0.29, 0.717) is 36.9 Å². The summed E-state index contributed by atoms with van der Waals surface area (Å²) in [4.78, 5) is 12.1. The molecule has 2 aliphatic rings. The van der Waals surface area contributed by atoms with E-state index < -0.39 is 0 Å². The first-order chi connectivity index (χ1) is 10.6. The van der Waals surface area contributed by atoms with Gasteiger partial charge in [-0.2, -0.15) is 0 Å². The van der Waals surface area contributed by atoms with Gasteiger partial charge < -0.3 is 15.2 Å². The lowest BCUT2D eigenvalue weighted by molar-refractivity contribution is -0.122. The summed E-state index contributed by atoms with van der Waals surface area (Å²) in [6.07, 6.45) is 7.31. The fraction of sp³-hybridized carbons (Fsp3) is 0.812. The molecule has 0 saturated carbocycles. The van der Waals surface area contributed by atoms with E-state index >= 15 is 0 Å². The average Bonchev–Trinajstić information content (AvgIpc) is 3.05. The molecule has 0 radical (unpaired) electrons. The number of carbonyl (C=O) groups excluding carboxylic acids is 1. The first-order valence-corrected chi connectivity index (χ1v) is 8.52. The first-order valence-electron chi connectivity index (χ1n) is 8.52. The van der Waals surface area contributed by atoms with Crippen molar-refractivity contribution in [2.75, 3.05) is 6.54 Å². The van der Waals surface area contributed by atoms with Crippen molar-refractivity contribution >= 4 is 5.91 Å². The van der Waals surface area contributed by atoms with Gasteiger partial charge in [-0.15, -0.1) is 10.2 Å². The summed E-state index contributed by atoms with van der Waals surface area (Å²) in [7, 11) is 0. The van der Waals surface area contributed by atoms with Crippen LogP contribution >= 0.6 is 0 Å². The number of carbonyl (C=O) groups is 1. The Morgan fingerprint density at radius 1 is 1.41 bits per heavy atom. The van der Waals surface area contributed by atoms with Gasteiger partial charge >= 0.3 is 0 Å². The van der Waals surface area contributed by atoms with Crippen LogP contribution in [0.25, 0.3) is 0 Å². The number of amides is 1. The van der Waals surface area contributed by atoms with Gasteiger partial charge in [-0.1, -0.05) is 13.8 Å². The van der Waals surface area contributed by atoms with Gasteiger partial charge in [-0.25, -0.2) is 0 Å². The Balaban J connectivity index is 1.40. The van der Waals surface area contributed by atoms with Crippen molar-refractivity contribution in [1.82, 2.24) is 25.4 Å². The molecular formula is C16H27N5O. The molecule has 6 heteroatoms. The second-order valence-corrected chi connectivity index (χ2v) is 7.07. The van der Waals surface area contributed by atoms with Gasteiger partial charge in [-0.05, 0) is 31.6 Å². The highest BCUT2D eigenvalue weighted by molar-refractivity contribution is 5.76. The number of fused-ring (bicyclic) bond motifs is 2. The molecule has 1 aromatic heterocycles. The largest absolute Gasteiger partial charge is 0.354 e. The summed E-state index contributed by atoms with van der Waals surface area (Å²) in [5.41, 5.74) is 0. The number of nitrogens with one attached hydrogen (secondary N) is 2. The molecule has 0 spiro atoms. The van der Waals surface area contributed by atoms with E-state index in [0.717, 1.165) is 25.2 Å². The lowest BCUT2D eigenvalue weighted by atomic mass is 9.89. The van der Waals surface area contributed by atoms with Crippen LogP contribution < -0.4 is 10.6 Å². The normalized spacial score (nSPS) is 27.3. The minimum absolute atomic E-state index is 0.186. The summed E-state index contributed by atoms with van der Waals surface area (Å²) in [6.45, 7) is 5.59. The van der Waals surface area contributed by atoms with Crippen LogP contribution in [0.15, 0.2) is 6.33 Å². The monoisotopic (exact) mass is 305 g/mol. The summed E-state index contributed by atoms with van der Waals surface area (Å²) >= 11 is 0. The van der Waals surface area contributed by atoms with Crippen LogP contribution in [0.1, 0.15) is 57.7 Å². The van der Waals surface area contributed by atoms with Gasteiger partial charge in [0.1, 0.15) is 12.2 Å². The lowest BCUT2D eigenvalue weighted by Gasteiger charge is -2.28. The highest BCUT2D eigenvalue weighted by atomic mass is 16.1. The zero-order valence-corrected chi connectivity index (χ0v) is 13.6. The predicted molar refractivity (Wildman–Crippen MR) is 84.4 cm³/mol. The topological polar surface area (TPSA) is 71.8 Å². The Morgan fingerprint density at radius 3 is 2.82 bits per heavy atom. The smallest absolute Gasteiger partial charge is 0.220 e. The number of nitrogens with zero attached hydrogens (tertiary/aromatic N) is 3. The lowest BCUT2D eigenvalue weighted by Crippen LogP contribution is -2.40. The van der Waals surface area contributed by atoms with Gasteiger partial charge in [0.15, 0.2) is 0 Å². The maximum atomic E-state index is 12.1. The Hall–Kier alpha value is -1.43. The molecular weight excluding hydrogens is 278 g/mol. The van der Waals surface area contributed by atoms with Crippen molar-refractivity contribution in [2.24, 2.45) is 5.92 Å². The third-order valence-corrected chi connectivity index (χ3v) is 4.88. The van der Waals surface area contributed by atoms with Crippen molar-refractivity contribution in [3.05, 3.63) is 12.2 Å². The predicted octanol–water partition coefficient (Wildman–Crippen LogP) is 1.44. The van der Waals surface area contributed by atoms with Crippen molar-refractivity contribution in [3.8, 4) is 0 Å². The zero-order valence-electron chi connectivity index (χ0n) is 13.6. The van der Waals surface area contributed by atoms with Gasteiger partial charge in [0, 0.05) is 37.5 Å². The van der Waals surface area contributed by atoms with Crippen LogP contribution in [-0.2, 0) is 11.3 Å². The summed E-state index contributed by atoms with van der Waals surface area (Å²) in [6, 6.07) is 1.31. The van der Waals surface area contributed by atoms with Gasteiger partial charge in [0.05, 0.1) is 0 Å². The van der Waals surface area contributed by atoms with Crippen LogP contribution in [0, 0.1) is 5.92 Å². The summed E-state index contributed by atoms with van der Waals surface area (Å²) < 4.78 is 2.02. The van der Waals surface area contributed by atoms with E-state index in [9.17, 15) is 4.79 Å². The molecule has 22 heavy (non-hydrogen) atoms. The molecule has 2 atom stereocenters. The molecule has 2 N–H and O–H groups in total. The van der Waals surface area contributed by atoms with E-state index in [1.807, 2.05) is 4.57 Å². The number of aromatic nitrogens is 3. The molecule has 3 rings (SSSR count). The van der Waals surface area contributed by atoms with Crippen LogP contribution in [0.2, 0.25) is 0 Å². The molecule has 2 aliphatic heterocycles. The Labute approximate surface area is 132 Å². The maximum Gasteiger partial charge on any atom is 0.220 e. The molecule has 0 aromatic carbocycles. The van der Waals surface area contributed by atoms with E-state index in [1.165, 1.54) is 12.8 Å². The van der Waals surface area contributed by atoms with Gasteiger partial charge in [-0.3, -0.25) is 4.79 Å². The SMILES string of the molecule is CC(C)c1nncn1CCNC(=O)CC1CC2CCC(C1)N2. The number of hydrogen-bond donors (Lipinski definition) is 2. The summed E-state index contributed by atoms with van der Waals surface area (Å²) in [5.74, 6) is 2.07. The molecule has 122 valence electrons. The molecule has 6 nitrogen and oxygen atoms in total. The third-order valence-electron chi connectivity index (χ3n) is 4.88. The van der Waals surface area contributed by atoms with Crippen LogP contribution in [-0.4, -0.2) is 39.3 Å². The van der Waals surface area contributed by atoms with Gasteiger partial charge in [0.2, 0.25) is 5.91 Å². The zero-order chi connectivity index (χ0) is 15.5. The Morgan fingerprint density at radius 2 is 2.14 bits per heavy atom. The molecule has 3 heterocycles.